The average Bonchev–Trinajstić information content (AvgIpc) is 2.49. The summed E-state index contributed by atoms with van der Waals surface area (Å²) in [6, 6.07) is 7.38. The van der Waals surface area contributed by atoms with Crippen molar-refractivity contribution in [1.82, 2.24) is 4.90 Å². The smallest absolute Gasteiger partial charge is 0.241 e. The molecule has 108 valence electrons. The molecule has 4 nitrogen and oxygen atoms in total. The SMILES string of the molecule is NC(CO)C(=O)N1CCC(=Cc2ccc(Br)cc2)CC1. The topological polar surface area (TPSA) is 66.6 Å². The first kappa shape index (κ1) is 15.2. The first-order chi connectivity index (χ1) is 9.60. The molecule has 1 heterocycles. The number of aliphatic hydroxyl groups excluding tert-OH is 1. The summed E-state index contributed by atoms with van der Waals surface area (Å²) in [6.45, 7) is 1.06. The van der Waals surface area contributed by atoms with Crippen molar-refractivity contribution in [2.24, 2.45) is 5.73 Å². The van der Waals surface area contributed by atoms with Gasteiger partial charge in [0.2, 0.25) is 5.91 Å². The van der Waals surface area contributed by atoms with Crippen LogP contribution in [-0.2, 0) is 4.79 Å². The summed E-state index contributed by atoms with van der Waals surface area (Å²) < 4.78 is 1.07. The molecule has 5 heteroatoms. The van der Waals surface area contributed by atoms with Crippen molar-refractivity contribution >= 4 is 27.9 Å². The molecule has 0 radical (unpaired) electrons. The molecule has 1 saturated heterocycles. The highest BCUT2D eigenvalue weighted by Crippen LogP contribution is 2.20. The lowest BCUT2D eigenvalue weighted by molar-refractivity contribution is -0.133. The van der Waals surface area contributed by atoms with Crippen molar-refractivity contribution in [3.05, 3.63) is 39.9 Å². The van der Waals surface area contributed by atoms with Crippen molar-refractivity contribution in [2.75, 3.05) is 19.7 Å². The molecule has 1 unspecified atom stereocenters. The number of hydrogen-bond acceptors (Lipinski definition) is 3. The van der Waals surface area contributed by atoms with E-state index < -0.39 is 6.04 Å². The van der Waals surface area contributed by atoms with Gasteiger partial charge in [-0.1, -0.05) is 39.7 Å². The second-order valence-corrected chi connectivity index (χ2v) is 5.88. The summed E-state index contributed by atoms with van der Waals surface area (Å²) in [5, 5.41) is 8.92. The van der Waals surface area contributed by atoms with Crippen LogP contribution in [0.2, 0.25) is 0 Å². The lowest BCUT2D eigenvalue weighted by atomic mass is 10.0. The van der Waals surface area contributed by atoms with Gasteiger partial charge in [0.25, 0.3) is 0 Å². The molecule has 1 amide bonds. The number of piperidine rings is 1. The van der Waals surface area contributed by atoms with E-state index >= 15 is 0 Å². The fourth-order valence-corrected chi connectivity index (χ4v) is 2.53. The van der Waals surface area contributed by atoms with E-state index in [1.165, 1.54) is 11.1 Å². The molecule has 1 aromatic carbocycles. The van der Waals surface area contributed by atoms with Crippen LogP contribution in [0.15, 0.2) is 34.3 Å². The van der Waals surface area contributed by atoms with Crippen LogP contribution >= 0.6 is 15.9 Å². The van der Waals surface area contributed by atoms with Gasteiger partial charge in [-0.25, -0.2) is 0 Å². The van der Waals surface area contributed by atoms with Gasteiger partial charge in [-0.2, -0.15) is 0 Å². The normalized spacial score (nSPS) is 16.9. The Balaban J connectivity index is 1.94. The summed E-state index contributed by atoms with van der Waals surface area (Å²) in [5.41, 5.74) is 8.08. The standard InChI is InChI=1S/C15H19BrN2O2/c16-13-3-1-11(2-4-13)9-12-5-7-18(8-6-12)15(20)14(17)10-19/h1-4,9,14,19H,5-8,10,17H2. The summed E-state index contributed by atoms with van der Waals surface area (Å²) in [4.78, 5) is 13.6. The summed E-state index contributed by atoms with van der Waals surface area (Å²) in [7, 11) is 0. The van der Waals surface area contributed by atoms with Gasteiger partial charge in [0.15, 0.2) is 0 Å². The van der Waals surface area contributed by atoms with Crippen molar-refractivity contribution in [2.45, 2.75) is 18.9 Å². The maximum atomic E-state index is 11.8. The van der Waals surface area contributed by atoms with Gasteiger partial charge in [0.1, 0.15) is 6.04 Å². The van der Waals surface area contributed by atoms with Gasteiger partial charge in [-0.05, 0) is 30.5 Å². The number of likely N-dealkylation sites (tertiary alicyclic amines) is 1. The number of halogens is 1. The molecule has 1 atom stereocenters. The zero-order chi connectivity index (χ0) is 14.5. The maximum Gasteiger partial charge on any atom is 0.241 e. The monoisotopic (exact) mass is 338 g/mol. The van der Waals surface area contributed by atoms with E-state index in [9.17, 15) is 4.79 Å². The molecule has 0 aliphatic carbocycles. The van der Waals surface area contributed by atoms with E-state index in [0.717, 1.165) is 17.3 Å². The van der Waals surface area contributed by atoms with Gasteiger partial charge >= 0.3 is 0 Å². The van der Waals surface area contributed by atoms with E-state index in [1.54, 1.807) is 4.90 Å². The Labute approximate surface area is 127 Å². The maximum absolute atomic E-state index is 11.8. The number of hydrogen-bond donors (Lipinski definition) is 2. The minimum absolute atomic E-state index is 0.157. The van der Waals surface area contributed by atoms with Crippen molar-refractivity contribution in [3.8, 4) is 0 Å². The number of carbonyl (C=O) groups is 1. The van der Waals surface area contributed by atoms with Crippen LogP contribution in [0.1, 0.15) is 18.4 Å². The van der Waals surface area contributed by atoms with Crippen molar-refractivity contribution < 1.29 is 9.90 Å². The Morgan fingerprint density at radius 2 is 1.95 bits per heavy atom. The highest BCUT2D eigenvalue weighted by Gasteiger charge is 2.23. The molecule has 1 aliphatic heterocycles. The zero-order valence-electron chi connectivity index (χ0n) is 11.3. The lowest BCUT2D eigenvalue weighted by Gasteiger charge is -2.30. The van der Waals surface area contributed by atoms with Gasteiger partial charge in [0, 0.05) is 17.6 Å². The van der Waals surface area contributed by atoms with Gasteiger partial charge in [0.05, 0.1) is 6.61 Å². The first-order valence-electron chi connectivity index (χ1n) is 6.70. The fraction of sp³-hybridized carbons (Fsp3) is 0.400. The van der Waals surface area contributed by atoms with E-state index in [1.807, 2.05) is 12.1 Å². The predicted octanol–water partition coefficient (Wildman–Crippen LogP) is 1.77. The molecule has 0 saturated carbocycles. The highest BCUT2D eigenvalue weighted by molar-refractivity contribution is 9.10. The third-order valence-corrected chi connectivity index (χ3v) is 4.00. The minimum atomic E-state index is -0.785. The fourth-order valence-electron chi connectivity index (χ4n) is 2.27. The van der Waals surface area contributed by atoms with E-state index in [-0.39, 0.29) is 12.5 Å². The second-order valence-electron chi connectivity index (χ2n) is 4.97. The quantitative estimate of drug-likeness (QED) is 0.882. The Kier molecular flexibility index (Phi) is 5.34. The van der Waals surface area contributed by atoms with E-state index in [0.29, 0.717) is 13.1 Å². The molecule has 1 aliphatic rings. The molecular formula is C15H19BrN2O2. The molecule has 0 bridgehead atoms. The van der Waals surface area contributed by atoms with Crippen molar-refractivity contribution in [3.63, 3.8) is 0 Å². The lowest BCUT2D eigenvalue weighted by Crippen LogP contribution is -2.47. The number of aliphatic hydroxyl groups is 1. The summed E-state index contributed by atoms with van der Waals surface area (Å²) in [6.07, 6.45) is 3.90. The van der Waals surface area contributed by atoms with Crippen LogP contribution in [0, 0.1) is 0 Å². The Hall–Kier alpha value is -1.17. The largest absolute Gasteiger partial charge is 0.394 e. The molecule has 1 fully saturated rings. The molecule has 1 aromatic rings. The number of benzene rings is 1. The summed E-state index contributed by atoms with van der Waals surface area (Å²) in [5.74, 6) is -0.157. The number of rotatable bonds is 3. The van der Waals surface area contributed by atoms with Crippen LogP contribution in [0.4, 0.5) is 0 Å². The number of nitrogens with zero attached hydrogens (tertiary/aromatic N) is 1. The number of amides is 1. The Bertz CT molecular complexity index is 489. The number of nitrogens with two attached hydrogens (primary N) is 1. The van der Waals surface area contributed by atoms with Crippen LogP contribution in [-0.4, -0.2) is 41.7 Å². The van der Waals surface area contributed by atoms with Crippen LogP contribution in [0.25, 0.3) is 6.08 Å². The Morgan fingerprint density at radius 3 is 2.50 bits per heavy atom. The first-order valence-corrected chi connectivity index (χ1v) is 7.49. The molecule has 0 spiro atoms. The second kappa shape index (κ2) is 7.02. The minimum Gasteiger partial charge on any atom is -0.394 e. The summed E-state index contributed by atoms with van der Waals surface area (Å²) >= 11 is 3.42. The van der Waals surface area contributed by atoms with Crippen LogP contribution in [0.3, 0.4) is 0 Å². The third kappa shape index (κ3) is 3.91. The van der Waals surface area contributed by atoms with Crippen LogP contribution < -0.4 is 5.73 Å². The zero-order valence-corrected chi connectivity index (χ0v) is 12.8. The third-order valence-electron chi connectivity index (χ3n) is 3.47. The van der Waals surface area contributed by atoms with Crippen LogP contribution in [0.5, 0.6) is 0 Å². The van der Waals surface area contributed by atoms with E-state index in [2.05, 4.69) is 34.1 Å². The molecule has 2 rings (SSSR count). The average molecular weight is 339 g/mol. The molecular weight excluding hydrogens is 320 g/mol. The molecule has 0 aromatic heterocycles. The Morgan fingerprint density at radius 1 is 1.35 bits per heavy atom. The van der Waals surface area contributed by atoms with E-state index in [4.69, 9.17) is 10.8 Å². The van der Waals surface area contributed by atoms with Gasteiger partial charge in [-0.15, -0.1) is 0 Å². The molecule has 3 N–H and O–H groups in total. The predicted molar refractivity (Wildman–Crippen MR) is 83.0 cm³/mol. The molecule has 20 heavy (non-hydrogen) atoms. The van der Waals surface area contributed by atoms with Crippen molar-refractivity contribution in [1.29, 1.82) is 0 Å². The van der Waals surface area contributed by atoms with Gasteiger partial charge < -0.3 is 15.7 Å². The number of carbonyl (C=O) groups excluding carboxylic acids is 1. The highest BCUT2D eigenvalue weighted by atomic mass is 79.9. The van der Waals surface area contributed by atoms with Gasteiger partial charge in [-0.3, -0.25) is 4.79 Å².